The van der Waals surface area contributed by atoms with Crippen LogP contribution in [0.5, 0.6) is 0 Å². The second-order valence-electron chi connectivity index (χ2n) is 4.83. The van der Waals surface area contributed by atoms with Crippen LogP contribution in [0.4, 0.5) is 0 Å². The van der Waals surface area contributed by atoms with Gasteiger partial charge in [0.25, 0.3) is 0 Å². The van der Waals surface area contributed by atoms with Crippen molar-refractivity contribution in [3.63, 3.8) is 0 Å². The van der Waals surface area contributed by atoms with Gasteiger partial charge in [-0.15, -0.1) is 0 Å². The molecule has 2 atom stereocenters. The first-order chi connectivity index (χ1) is 8.27. The highest BCUT2D eigenvalue weighted by atomic mass is 16.5. The third-order valence-electron chi connectivity index (χ3n) is 3.45. The Morgan fingerprint density at radius 3 is 2.53 bits per heavy atom. The molecule has 1 saturated heterocycles. The summed E-state index contributed by atoms with van der Waals surface area (Å²) in [5.74, 6) is 0.468. The molecule has 2 rings (SSSR count). The molecule has 2 N–H and O–H groups in total. The maximum Gasteiger partial charge on any atom is 0.0594 e. The summed E-state index contributed by atoms with van der Waals surface area (Å²) < 4.78 is 5.35. The second kappa shape index (κ2) is 6.15. The summed E-state index contributed by atoms with van der Waals surface area (Å²) in [6.07, 6.45) is 0. The number of hydrogen-bond donors (Lipinski definition) is 1. The fourth-order valence-electron chi connectivity index (χ4n) is 2.31. The van der Waals surface area contributed by atoms with E-state index in [1.165, 1.54) is 5.56 Å². The van der Waals surface area contributed by atoms with Gasteiger partial charge in [-0.05, 0) is 11.5 Å². The molecule has 1 heterocycles. The normalized spacial score (nSPS) is 21.1. The molecule has 0 aliphatic carbocycles. The van der Waals surface area contributed by atoms with E-state index in [4.69, 9.17) is 10.5 Å². The van der Waals surface area contributed by atoms with Crippen molar-refractivity contribution in [2.45, 2.75) is 13.0 Å². The quantitative estimate of drug-likeness (QED) is 0.861. The molecule has 2 unspecified atom stereocenters. The van der Waals surface area contributed by atoms with E-state index in [0.717, 1.165) is 32.8 Å². The van der Waals surface area contributed by atoms with Gasteiger partial charge in [-0.2, -0.15) is 0 Å². The lowest BCUT2D eigenvalue weighted by atomic mass is 9.95. The number of hydrogen-bond acceptors (Lipinski definition) is 3. The molecule has 3 heteroatoms. The zero-order chi connectivity index (χ0) is 12.1. The molecule has 0 spiro atoms. The highest BCUT2D eigenvalue weighted by Gasteiger charge is 2.19. The second-order valence-corrected chi connectivity index (χ2v) is 4.83. The highest BCUT2D eigenvalue weighted by molar-refractivity contribution is 5.19. The number of morpholine rings is 1. The number of rotatable bonds is 4. The summed E-state index contributed by atoms with van der Waals surface area (Å²) in [4.78, 5) is 2.44. The minimum Gasteiger partial charge on any atom is -0.379 e. The van der Waals surface area contributed by atoms with Crippen molar-refractivity contribution in [2.75, 3.05) is 32.8 Å². The molecule has 0 radical (unpaired) electrons. The minimum atomic E-state index is 0.124. The largest absolute Gasteiger partial charge is 0.379 e. The zero-order valence-electron chi connectivity index (χ0n) is 10.5. The van der Waals surface area contributed by atoms with E-state index in [-0.39, 0.29) is 6.04 Å². The Labute approximate surface area is 104 Å². The van der Waals surface area contributed by atoms with Crippen LogP contribution in [0.15, 0.2) is 30.3 Å². The number of nitrogens with two attached hydrogens (primary N) is 1. The Morgan fingerprint density at radius 1 is 1.24 bits per heavy atom. The lowest BCUT2D eigenvalue weighted by Crippen LogP contribution is -2.40. The molecule has 0 bridgehead atoms. The monoisotopic (exact) mass is 234 g/mol. The smallest absolute Gasteiger partial charge is 0.0594 e. The van der Waals surface area contributed by atoms with E-state index in [0.29, 0.717) is 5.92 Å². The van der Waals surface area contributed by atoms with Crippen LogP contribution in [-0.2, 0) is 4.74 Å². The molecule has 0 aromatic heterocycles. The molecule has 0 saturated carbocycles. The Bertz CT molecular complexity index is 322. The Hall–Kier alpha value is -0.900. The third-order valence-corrected chi connectivity index (χ3v) is 3.45. The first-order valence-electron chi connectivity index (χ1n) is 6.38. The molecular formula is C14H22N2O. The Kier molecular flexibility index (Phi) is 4.54. The van der Waals surface area contributed by atoms with E-state index in [1.807, 2.05) is 6.07 Å². The summed E-state index contributed by atoms with van der Waals surface area (Å²) >= 11 is 0. The lowest BCUT2D eigenvalue weighted by molar-refractivity contribution is 0.0301. The maximum atomic E-state index is 6.30. The summed E-state index contributed by atoms with van der Waals surface area (Å²) in [7, 11) is 0. The number of ether oxygens (including phenoxy) is 1. The summed E-state index contributed by atoms with van der Waals surface area (Å²) in [6, 6.07) is 10.5. The predicted octanol–water partition coefficient (Wildman–Crippen LogP) is 1.65. The van der Waals surface area contributed by atoms with Gasteiger partial charge < -0.3 is 10.5 Å². The first-order valence-corrected chi connectivity index (χ1v) is 6.38. The molecule has 1 fully saturated rings. The van der Waals surface area contributed by atoms with Gasteiger partial charge in [-0.25, -0.2) is 0 Å². The van der Waals surface area contributed by atoms with E-state index in [1.54, 1.807) is 0 Å². The van der Waals surface area contributed by atoms with Gasteiger partial charge in [0.2, 0.25) is 0 Å². The van der Waals surface area contributed by atoms with Crippen molar-refractivity contribution in [3.8, 4) is 0 Å². The Morgan fingerprint density at radius 2 is 1.88 bits per heavy atom. The van der Waals surface area contributed by atoms with Gasteiger partial charge in [0.15, 0.2) is 0 Å². The lowest BCUT2D eigenvalue weighted by Gasteiger charge is -2.31. The third kappa shape index (κ3) is 3.53. The Balaban J connectivity index is 1.88. The summed E-state index contributed by atoms with van der Waals surface area (Å²) in [5.41, 5.74) is 7.53. The molecular weight excluding hydrogens is 212 g/mol. The van der Waals surface area contributed by atoms with Gasteiger partial charge in [0, 0.05) is 25.7 Å². The van der Waals surface area contributed by atoms with E-state index in [9.17, 15) is 0 Å². The van der Waals surface area contributed by atoms with Gasteiger partial charge in [-0.1, -0.05) is 37.3 Å². The number of benzene rings is 1. The first kappa shape index (κ1) is 12.6. The fraction of sp³-hybridized carbons (Fsp3) is 0.571. The van der Waals surface area contributed by atoms with Crippen LogP contribution in [0.3, 0.4) is 0 Å². The topological polar surface area (TPSA) is 38.5 Å². The molecule has 94 valence electrons. The molecule has 17 heavy (non-hydrogen) atoms. The standard InChI is InChI=1S/C14H22N2O/c1-12(11-16-7-9-17-10-8-16)14(15)13-5-3-2-4-6-13/h2-6,12,14H,7-11,15H2,1H3. The average Bonchev–Trinajstić information content (AvgIpc) is 2.40. The van der Waals surface area contributed by atoms with Crippen molar-refractivity contribution >= 4 is 0 Å². The maximum absolute atomic E-state index is 6.30. The van der Waals surface area contributed by atoms with Crippen LogP contribution in [0.1, 0.15) is 18.5 Å². The SMILES string of the molecule is CC(CN1CCOCC1)C(N)c1ccccc1. The molecule has 3 nitrogen and oxygen atoms in total. The molecule has 1 aliphatic rings. The summed E-state index contributed by atoms with van der Waals surface area (Å²) in [6.45, 7) is 7.06. The number of nitrogens with zero attached hydrogens (tertiary/aromatic N) is 1. The molecule has 1 aromatic rings. The van der Waals surface area contributed by atoms with Crippen LogP contribution in [0.2, 0.25) is 0 Å². The van der Waals surface area contributed by atoms with Gasteiger partial charge in [0.05, 0.1) is 13.2 Å². The van der Waals surface area contributed by atoms with Crippen LogP contribution in [0.25, 0.3) is 0 Å². The average molecular weight is 234 g/mol. The van der Waals surface area contributed by atoms with Gasteiger partial charge >= 0.3 is 0 Å². The van der Waals surface area contributed by atoms with Crippen molar-refractivity contribution < 1.29 is 4.74 Å². The molecule has 0 amide bonds. The minimum absolute atomic E-state index is 0.124. The van der Waals surface area contributed by atoms with Crippen LogP contribution in [0, 0.1) is 5.92 Å². The summed E-state index contributed by atoms with van der Waals surface area (Å²) in [5, 5.41) is 0. The van der Waals surface area contributed by atoms with Crippen LogP contribution < -0.4 is 5.73 Å². The van der Waals surface area contributed by atoms with Gasteiger partial charge in [-0.3, -0.25) is 4.90 Å². The molecule has 1 aromatic carbocycles. The van der Waals surface area contributed by atoms with Crippen molar-refractivity contribution in [2.24, 2.45) is 11.7 Å². The predicted molar refractivity (Wildman–Crippen MR) is 69.8 cm³/mol. The van der Waals surface area contributed by atoms with E-state index in [2.05, 4.69) is 36.1 Å². The van der Waals surface area contributed by atoms with E-state index >= 15 is 0 Å². The van der Waals surface area contributed by atoms with Crippen molar-refractivity contribution in [1.29, 1.82) is 0 Å². The molecule has 1 aliphatic heterocycles. The van der Waals surface area contributed by atoms with Gasteiger partial charge in [0.1, 0.15) is 0 Å². The van der Waals surface area contributed by atoms with Crippen molar-refractivity contribution in [1.82, 2.24) is 4.90 Å². The van der Waals surface area contributed by atoms with Crippen molar-refractivity contribution in [3.05, 3.63) is 35.9 Å². The zero-order valence-corrected chi connectivity index (χ0v) is 10.5. The van der Waals surface area contributed by atoms with Crippen LogP contribution in [-0.4, -0.2) is 37.7 Å². The fourth-order valence-corrected chi connectivity index (χ4v) is 2.31. The van der Waals surface area contributed by atoms with E-state index < -0.39 is 0 Å². The highest BCUT2D eigenvalue weighted by Crippen LogP contribution is 2.20. The van der Waals surface area contributed by atoms with Crippen LogP contribution >= 0.6 is 0 Å².